The van der Waals surface area contributed by atoms with E-state index in [1.807, 2.05) is 0 Å². The van der Waals surface area contributed by atoms with E-state index in [-0.39, 0.29) is 17.8 Å². The first kappa shape index (κ1) is 17.7. The fourth-order valence-corrected chi connectivity index (χ4v) is 2.37. The van der Waals surface area contributed by atoms with E-state index in [2.05, 4.69) is 10.3 Å². The molecule has 2 N–H and O–H groups in total. The minimum Gasteiger partial charge on any atom is -0.444 e. The third-order valence-corrected chi connectivity index (χ3v) is 3.72. The molecule has 0 radical (unpaired) electrons. The highest BCUT2D eigenvalue weighted by molar-refractivity contribution is 5.81. The summed E-state index contributed by atoms with van der Waals surface area (Å²) in [5, 5.41) is 7.99. The van der Waals surface area contributed by atoms with Gasteiger partial charge in [-0.15, -0.1) is 0 Å². The summed E-state index contributed by atoms with van der Waals surface area (Å²) in [4.78, 5) is 12.0. The van der Waals surface area contributed by atoms with Crippen LogP contribution in [0.5, 0.6) is 0 Å². The van der Waals surface area contributed by atoms with Crippen LogP contribution in [0.1, 0.15) is 12.7 Å². The fraction of sp³-hybridized carbons (Fsp3) is 0.235. The van der Waals surface area contributed by atoms with E-state index in [0.29, 0.717) is 17.0 Å². The van der Waals surface area contributed by atoms with Crippen molar-refractivity contribution in [2.45, 2.75) is 20.0 Å². The van der Waals surface area contributed by atoms with Gasteiger partial charge >= 0.3 is 6.09 Å². The molecule has 1 atom stereocenters. The maximum atomic E-state index is 14.1. The molecule has 0 aliphatic rings. The highest BCUT2D eigenvalue weighted by Gasteiger charge is 2.22. The maximum Gasteiger partial charge on any atom is 0.434 e. The molecule has 0 amide bonds. The number of aromatic nitrogens is 3. The van der Waals surface area contributed by atoms with Gasteiger partial charge in [-0.1, -0.05) is 5.16 Å². The van der Waals surface area contributed by atoms with E-state index in [9.17, 15) is 13.6 Å². The highest BCUT2D eigenvalue weighted by atomic mass is 19.1. The standard InChI is InChI=1S/C17H16F2N4O3/c1-9(8-20)25-17(24)23-6-5-14(21-23)15-10(2)26-22-16(15)12-4-3-11(18)7-13(12)19/h3-7,9H,8,20H2,1-2H3. The Morgan fingerprint density at radius 3 is 2.85 bits per heavy atom. The third-order valence-electron chi connectivity index (χ3n) is 3.72. The number of nitrogens with two attached hydrogens (primary N) is 1. The van der Waals surface area contributed by atoms with Crippen molar-refractivity contribution in [2.75, 3.05) is 6.54 Å². The van der Waals surface area contributed by atoms with Gasteiger partial charge in [0.15, 0.2) is 0 Å². The van der Waals surface area contributed by atoms with E-state index in [1.54, 1.807) is 19.9 Å². The predicted molar refractivity (Wildman–Crippen MR) is 88.2 cm³/mol. The van der Waals surface area contributed by atoms with Crippen LogP contribution < -0.4 is 5.73 Å². The molecule has 9 heteroatoms. The smallest absolute Gasteiger partial charge is 0.434 e. The maximum absolute atomic E-state index is 14.1. The summed E-state index contributed by atoms with van der Waals surface area (Å²) in [6.07, 6.45) is 0.243. The quantitative estimate of drug-likeness (QED) is 0.766. The molecular formula is C17H16F2N4O3. The average Bonchev–Trinajstić information content (AvgIpc) is 3.21. The van der Waals surface area contributed by atoms with Crippen molar-refractivity contribution in [1.29, 1.82) is 0 Å². The second-order valence-corrected chi connectivity index (χ2v) is 5.66. The van der Waals surface area contributed by atoms with Crippen molar-refractivity contribution < 1.29 is 22.8 Å². The Balaban J connectivity index is 1.99. The molecule has 2 aromatic heterocycles. The summed E-state index contributed by atoms with van der Waals surface area (Å²) in [6.45, 7) is 3.46. The van der Waals surface area contributed by atoms with Crippen LogP contribution in [0, 0.1) is 18.6 Å². The minimum absolute atomic E-state index is 0.0622. The van der Waals surface area contributed by atoms with Gasteiger partial charge in [-0.25, -0.2) is 13.6 Å². The molecule has 0 aliphatic heterocycles. The van der Waals surface area contributed by atoms with Gasteiger partial charge in [-0.2, -0.15) is 9.78 Å². The lowest BCUT2D eigenvalue weighted by Gasteiger charge is -2.09. The van der Waals surface area contributed by atoms with Crippen LogP contribution in [0.3, 0.4) is 0 Å². The van der Waals surface area contributed by atoms with Crippen molar-refractivity contribution in [1.82, 2.24) is 14.9 Å². The van der Waals surface area contributed by atoms with Gasteiger partial charge in [0, 0.05) is 24.4 Å². The van der Waals surface area contributed by atoms with E-state index < -0.39 is 23.8 Å². The lowest BCUT2D eigenvalue weighted by molar-refractivity contribution is 0.109. The van der Waals surface area contributed by atoms with E-state index >= 15 is 0 Å². The number of hydrogen-bond acceptors (Lipinski definition) is 6. The summed E-state index contributed by atoms with van der Waals surface area (Å²) in [5.74, 6) is -1.11. The normalized spacial score (nSPS) is 12.2. The SMILES string of the molecule is Cc1onc(-c2ccc(F)cc2F)c1-c1ccn(C(=O)OC(C)CN)n1. The topological polar surface area (TPSA) is 96.2 Å². The molecule has 136 valence electrons. The monoisotopic (exact) mass is 362 g/mol. The Morgan fingerprint density at radius 1 is 1.38 bits per heavy atom. The van der Waals surface area contributed by atoms with E-state index in [0.717, 1.165) is 16.8 Å². The van der Waals surface area contributed by atoms with Crippen LogP contribution >= 0.6 is 0 Å². The summed E-state index contributed by atoms with van der Waals surface area (Å²) >= 11 is 0. The fourth-order valence-electron chi connectivity index (χ4n) is 2.37. The van der Waals surface area contributed by atoms with Crippen molar-refractivity contribution in [3.63, 3.8) is 0 Å². The van der Waals surface area contributed by atoms with Crippen molar-refractivity contribution in [2.24, 2.45) is 5.73 Å². The Morgan fingerprint density at radius 2 is 2.15 bits per heavy atom. The molecule has 7 nitrogen and oxygen atoms in total. The van der Waals surface area contributed by atoms with E-state index in [1.165, 1.54) is 12.3 Å². The average molecular weight is 362 g/mol. The number of aryl methyl sites for hydroxylation is 1. The Bertz CT molecular complexity index is 951. The predicted octanol–water partition coefficient (Wildman–Crippen LogP) is 3.12. The second-order valence-electron chi connectivity index (χ2n) is 5.66. The zero-order valence-electron chi connectivity index (χ0n) is 14.1. The first-order chi connectivity index (χ1) is 12.4. The van der Waals surface area contributed by atoms with Gasteiger partial charge in [0.05, 0.1) is 11.3 Å². The van der Waals surface area contributed by atoms with Crippen molar-refractivity contribution in [3.05, 3.63) is 47.9 Å². The molecule has 3 aromatic rings. The first-order valence-corrected chi connectivity index (χ1v) is 7.79. The summed E-state index contributed by atoms with van der Waals surface area (Å²) in [7, 11) is 0. The van der Waals surface area contributed by atoms with Crippen molar-refractivity contribution in [3.8, 4) is 22.5 Å². The van der Waals surface area contributed by atoms with Crippen molar-refractivity contribution >= 4 is 6.09 Å². The van der Waals surface area contributed by atoms with Crippen LogP contribution in [0.25, 0.3) is 22.5 Å². The number of hydrogen-bond donors (Lipinski definition) is 1. The molecule has 3 rings (SSSR count). The van der Waals surface area contributed by atoms with Crippen LogP contribution in [-0.4, -0.2) is 33.7 Å². The van der Waals surface area contributed by atoms with Gasteiger partial charge in [0.25, 0.3) is 0 Å². The molecule has 0 fully saturated rings. The number of rotatable bonds is 4. The van der Waals surface area contributed by atoms with Crippen LogP contribution in [0.2, 0.25) is 0 Å². The largest absolute Gasteiger partial charge is 0.444 e. The zero-order valence-corrected chi connectivity index (χ0v) is 14.1. The van der Waals surface area contributed by atoms with Crippen LogP contribution in [0.4, 0.5) is 13.6 Å². The molecular weight excluding hydrogens is 346 g/mol. The van der Waals surface area contributed by atoms with Crippen LogP contribution in [-0.2, 0) is 4.74 Å². The van der Waals surface area contributed by atoms with Gasteiger partial charge < -0.3 is 15.0 Å². The molecule has 0 saturated carbocycles. The van der Waals surface area contributed by atoms with Gasteiger partial charge in [0.2, 0.25) is 0 Å². The lowest BCUT2D eigenvalue weighted by atomic mass is 10.0. The minimum atomic E-state index is -0.782. The number of carbonyl (C=O) groups is 1. The Labute approximate surface area is 147 Å². The highest BCUT2D eigenvalue weighted by Crippen LogP contribution is 2.34. The molecule has 1 unspecified atom stereocenters. The third kappa shape index (κ3) is 3.33. The summed E-state index contributed by atoms with van der Waals surface area (Å²) in [6, 6.07) is 4.68. The van der Waals surface area contributed by atoms with Crippen LogP contribution in [0.15, 0.2) is 35.0 Å². The van der Waals surface area contributed by atoms with E-state index in [4.69, 9.17) is 15.0 Å². The van der Waals surface area contributed by atoms with Gasteiger partial charge in [-0.3, -0.25) is 0 Å². The Hall–Kier alpha value is -3.07. The molecule has 26 heavy (non-hydrogen) atoms. The molecule has 2 heterocycles. The van der Waals surface area contributed by atoms with Gasteiger partial charge in [-0.05, 0) is 32.0 Å². The number of benzene rings is 1. The summed E-state index contributed by atoms with van der Waals surface area (Å²) < 4.78 is 38.5. The lowest BCUT2D eigenvalue weighted by Crippen LogP contribution is -2.26. The van der Waals surface area contributed by atoms with Gasteiger partial charge in [0.1, 0.15) is 29.2 Å². The zero-order chi connectivity index (χ0) is 18.8. The molecule has 1 aromatic carbocycles. The molecule has 0 spiro atoms. The Kier molecular flexibility index (Phi) is 4.81. The molecule has 0 bridgehead atoms. The number of nitrogens with zero attached hydrogens (tertiary/aromatic N) is 3. The number of halogens is 2. The molecule has 0 saturated heterocycles. The first-order valence-electron chi connectivity index (χ1n) is 7.79. The number of ether oxygens (including phenoxy) is 1. The second kappa shape index (κ2) is 7.04. The number of carbonyl (C=O) groups excluding carboxylic acids is 1. The summed E-state index contributed by atoms with van der Waals surface area (Å²) in [5.41, 5.74) is 6.37. The molecule has 0 aliphatic carbocycles.